The first-order chi connectivity index (χ1) is 26.5. The zero-order valence-corrected chi connectivity index (χ0v) is 32.1. The number of fused-ring (bicyclic) bond motifs is 1. The van der Waals surface area contributed by atoms with Crippen LogP contribution < -0.4 is 21.3 Å². The molecule has 15 heteroatoms. The second-order valence-electron chi connectivity index (χ2n) is 13.6. The van der Waals surface area contributed by atoms with E-state index in [2.05, 4.69) is 22.8 Å². The number of likely N-dealkylation sites (N-methyl/N-ethyl adjacent to an activating group) is 2. The number of piperidine rings is 1. The van der Waals surface area contributed by atoms with Crippen molar-refractivity contribution in [2.75, 3.05) is 43.9 Å². The molecule has 0 saturated carbocycles. The third kappa shape index (κ3) is 9.24. The van der Waals surface area contributed by atoms with Gasteiger partial charge in [0.25, 0.3) is 5.91 Å². The number of hydrogen-bond acceptors (Lipinski definition) is 11. The van der Waals surface area contributed by atoms with Crippen molar-refractivity contribution in [1.29, 1.82) is 10.5 Å². The number of anilines is 2. The molecule has 0 bridgehead atoms. The maximum atomic E-state index is 13.1. The summed E-state index contributed by atoms with van der Waals surface area (Å²) in [6.07, 6.45) is 3.57. The fraction of sp³-hybridized carbons (Fsp3) is 0.400. The Labute approximate surface area is 325 Å². The molecule has 1 fully saturated rings. The molecule has 0 aliphatic carbocycles. The molecule has 286 valence electrons. The van der Waals surface area contributed by atoms with Crippen LogP contribution in [0.3, 0.4) is 0 Å². The summed E-state index contributed by atoms with van der Waals surface area (Å²) >= 11 is 1.08. The molecular weight excluding hydrogens is 719 g/mol. The molecular formula is C40H45N9O5S. The highest BCUT2D eigenvalue weighted by atomic mass is 32.2. The molecule has 0 spiro atoms. The van der Waals surface area contributed by atoms with Gasteiger partial charge in [-0.25, -0.2) is 4.98 Å². The van der Waals surface area contributed by atoms with E-state index in [-0.39, 0.29) is 35.3 Å². The highest BCUT2D eigenvalue weighted by Crippen LogP contribution is 2.39. The number of nitrogens with one attached hydrogen (secondary N) is 2. The molecule has 5 rings (SSSR count). The molecule has 1 aromatic heterocycles. The summed E-state index contributed by atoms with van der Waals surface area (Å²) in [6, 6.07) is 18.2. The minimum absolute atomic E-state index is 0.0137. The van der Waals surface area contributed by atoms with E-state index in [4.69, 9.17) is 10.7 Å². The molecule has 3 heterocycles. The minimum atomic E-state index is -0.793. The standard InChI is InChI=1S/C40H45N9O5S/c1-4-26-28(22-41)37(46-39(29(26)23-42)55-35(36(43)52)25-12-7-5-8-13-25)48(3)21-20-47(2)34(51)16-9-6-10-19-44-31-15-11-14-27-30(31)24-49(40(27)54)32-17-18-33(50)45-38(32)53/h5,7-8,11-15,32,35,44H,4,6,9-10,16-21,24H2,1-3H3,(H2,43,52)(H,45,50,53). The maximum absolute atomic E-state index is 13.1. The third-order valence-electron chi connectivity index (χ3n) is 9.94. The normalized spacial score (nSPS) is 15.4. The molecule has 1 saturated heterocycles. The van der Waals surface area contributed by atoms with Crippen LogP contribution >= 0.6 is 11.8 Å². The van der Waals surface area contributed by atoms with E-state index in [1.54, 1.807) is 54.2 Å². The van der Waals surface area contributed by atoms with Crippen LogP contribution in [0, 0.1) is 22.7 Å². The Morgan fingerprint density at radius 1 is 1.04 bits per heavy atom. The van der Waals surface area contributed by atoms with Crippen molar-refractivity contribution in [2.24, 2.45) is 5.73 Å². The smallest absolute Gasteiger partial charge is 0.255 e. The number of carbonyl (C=O) groups excluding carboxylic acids is 5. The number of unbranched alkanes of at least 4 members (excludes halogenated alkanes) is 2. The Morgan fingerprint density at radius 3 is 2.45 bits per heavy atom. The van der Waals surface area contributed by atoms with Gasteiger partial charge in [0.2, 0.25) is 23.6 Å². The number of pyridine rings is 1. The van der Waals surface area contributed by atoms with Gasteiger partial charge in [-0.3, -0.25) is 29.3 Å². The molecule has 14 nitrogen and oxygen atoms in total. The van der Waals surface area contributed by atoms with Gasteiger partial charge in [0, 0.05) is 69.9 Å². The van der Waals surface area contributed by atoms with Crippen LogP contribution in [0.2, 0.25) is 0 Å². The number of carbonyl (C=O) groups is 5. The van der Waals surface area contributed by atoms with Gasteiger partial charge in [-0.05, 0) is 48.9 Å². The van der Waals surface area contributed by atoms with E-state index in [0.29, 0.717) is 79.4 Å². The monoisotopic (exact) mass is 763 g/mol. The van der Waals surface area contributed by atoms with Crippen molar-refractivity contribution in [2.45, 2.75) is 74.7 Å². The van der Waals surface area contributed by atoms with Crippen LogP contribution in [-0.4, -0.2) is 84.1 Å². The lowest BCUT2D eigenvalue weighted by atomic mass is 10.0. The van der Waals surface area contributed by atoms with Gasteiger partial charge >= 0.3 is 0 Å². The Bertz CT molecular complexity index is 2040. The van der Waals surface area contributed by atoms with Gasteiger partial charge in [-0.15, -0.1) is 0 Å². The zero-order valence-electron chi connectivity index (χ0n) is 31.3. The molecule has 55 heavy (non-hydrogen) atoms. The first kappa shape index (κ1) is 40.3. The lowest BCUT2D eigenvalue weighted by Gasteiger charge is -2.29. The Kier molecular flexibility index (Phi) is 13.5. The van der Waals surface area contributed by atoms with Crippen molar-refractivity contribution in [3.05, 3.63) is 81.9 Å². The molecule has 0 radical (unpaired) electrons. The number of nitriles is 2. The second-order valence-corrected chi connectivity index (χ2v) is 14.7. The van der Waals surface area contributed by atoms with Crippen molar-refractivity contribution in [3.8, 4) is 12.1 Å². The summed E-state index contributed by atoms with van der Waals surface area (Å²) in [4.78, 5) is 72.4. The number of amides is 5. The third-order valence-corrected chi connectivity index (χ3v) is 11.2. The van der Waals surface area contributed by atoms with Crippen LogP contribution in [0.5, 0.6) is 0 Å². The minimum Gasteiger partial charge on any atom is -0.385 e. The number of thioether (sulfide) groups is 1. The number of nitrogens with zero attached hydrogens (tertiary/aromatic N) is 6. The SMILES string of the molecule is CCc1c(C#N)c(SC(C(N)=O)c2ccccc2)nc(N(C)CCN(C)C(=O)CCCCCNc2cccc3c2CN(C2CCC(=O)NC2=O)C3=O)c1C#N. The quantitative estimate of drug-likeness (QED) is 0.102. The maximum Gasteiger partial charge on any atom is 0.255 e. The van der Waals surface area contributed by atoms with Gasteiger partial charge in [-0.1, -0.05) is 61.5 Å². The summed E-state index contributed by atoms with van der Waals surface area (Å²) in [5.41, 5.74) is 9.73. The average Bonchev–Trinajstić information content (AvgIpc) is 3.52. The zero-order chi connectivity index (χ0) is 39.6. The lowest BCUT2D eigenvalue weighted by molar-refractivity contribution is -0.137. The van der Waals surface area contributed by atoms with E-state index in [9.17, 15) is 34.5 Å². The van der Waals surface area contributed by atoms with E-state index in [0.717, 1.165) is 35.9 Å². The molecule has 2 aromatic carbocycles. The number of benzene rings is 2. The first-order valence-electron chi connectivity index (χ1n) is 18.3. The largest absolute Gasteiger partial charge is 0.385 e. The Hall–Kier alpha value is -5.93. The summed E-state index contributed by atoms with van der Waals surface area (Å²) in [5.74, 6) is -1.20. The van der Waals surface area contributed by atoms with Gasteiger partial charge in [0.1, 0.15) is 34.3 Å². The van der Waals surface area contributed by atoms with Crippen LogP contribution in [0.4, 0.5) is 11.5 Å². The fourth-order valence-corrected chi connectivity index (χ4v) is 7.91. The molecule has 2 aliphatic heterocycles. The van der Waals surface area contributed by atoms with Crippen molar-refractivity contribution >= 4 is 52.8 Å². The summed E-state index contributed by atoms with van der Waals surface area (Å²) in [5, 5.41) is 25.5. The molecule has 2 aliphatic rings. The fourth-order valence-electron chi connectivity index (χ4n) is 6.85. The number of nitrogens with two attached hydrogens (primary N) is 1. The lowest BCUT2D eigenvalue weighted by Crippen LogP contribution is -2.52. The van der Waals surface area contributed by atoms with Crippen LogP contribution in [0.1, 0.15) is 88.9 Å². The second kappa shape index (κ2) is 18.4. The predicted molar refractivity (Wildman–Crippen MR) is 208 cm³/mol. The Morgan fingerprint density at radius 2 is 1.78 bits per heavy atom. The summed E-state index contributed by atoms with van der Waals surface area (Å²) in [6.45, 7) is 3.53. The van der Waals surface area contributed by atoms with Crippen LogP contribution in [-0.2, 0) is 32.1 Å². The predicted octanol–water partition coefficient (Wildman–Crippen LogP) is 4.03. The molecule has 2 unspecified atom stereocenters. The molecule has 2 atom stereocenters. The summed E-state index contributed by atoms with van der Waals surface area (Å²) in [7, 11) is 3.52. The van der Waals surface area contributed by atoms with E-state index >= 15 is 0 Å². The number of imide groups is 1. The van der Waals surface area contributed by atoms with Gasteiger partial charge < -0.3 is 25.8 Å². The topological polar surface area (TPSA) is 206 Å². The Balaban J connectivity index is 1.12. The molecule has 5 amide bonds. The number of hydrogen-bond donors (Lipinski definition) is 3. The van der Waals surface area contributed by atoms with Gasteiger partial charge in [-0.2, -0.15) is 10.5 Å². The number of rotatable bonds is 17. The number of aromatic nitrogens is 1. The van der Waals surface area contributed by atoms with E-state index in [1.807, 2.05) is 25.1 Å². The first-order valence-corrected chi connectivity index (χ1v) is 19.2. The van der Waals surface area contributed by atoms with Gasteiger partial charge in [0.15, 0.2) is 0 Å². The van der Waals surface area contributed by atoms with Crippen molar-refractivity contribution < 1.29 is 24.0 Å². The van der Waals surface area contributed by atoms with Gasteiger partial charge in [0.05, 0.1) is 11.1 Å². The number of primary amides is 1. The van der Waals surface area contributed by atoms with E-state index < -0.39 is 23.1 Å². The molecule has 4 N–H and O–H groups in total. The molecule has 3 aromatic rings. The van der Waals surface area contributed by atoms with Crippen molar-refractivity contribution in [1.82, 2.24) is 20.1 Å². The average molecular weight is 764 g/mol. The van der Waals surface area contributed by atoms with E-state index in [1.165, 1.54) is 4.90 Å². The highest BCUT2D eigenvalue weighted by Gasteiger charge is 2.40. The van der Waals surface area contributed by atoms with Crippen LogP contribution in [0.15, 0.2) is 53.6 Å². The highest BCUT2D eigenvalue weighted by molar-refractivity contribution is 8.00. The van der Waals surface area contributed by atoms with Crippen LogP contribution in [0.25, 0.3) is 0 Å². The summed E-state index contributed by atoms with van der Waals surface area (Å²) < 4.78 is 0. The van der Waals surface area contributed by atoms with Crippen molar-refractivity contribution in [3.63, 3.8) is 0 Å².